The Balaban J connectivity index is 1.75. The van der Waals surface area contributed by atoms with Crippen LogP contribution in [0.5, 0.6) is 0 Å². The zero-order valence-electron chi connectivity index (χ0n) is 20.4. The Morgan fingerprint density at radius 2 is 1.73 bits per heavy atom. The number of nitrogens with zero attached hydrogens (tertiary/aromatic N) is 2. The fraction of sp³-hybridized carbons (Fsp3) is 0.167. The first-order valence-corrected chi connectivity index (χ1v) is 13.1. The molecule has 0 saturated heterocycles. The first kappa shape index (κ1) is 26.4. The molecule has 1 heterocycles. The Morgan fingerprint density at radius 1 is 1.05 bits per heavy atom. The molecule has 0 aliphatic heterocycles. The normalized spacial score (nSPS) is 12.4. The van der Waals surface area contributed by atoms with Crippen molar-refractivity contribution >= 4 is 29.3 Å². The van der Waals surface area contributed by atoms with E-state index in [0.29, 0.717) is 33.3 Å². The summed E-state index contributed by atoms with van der Waals surface area (Å²) >= 11 is 7.29. The molecule has 0 spiro atoms. The van der Waals surface area contributed by atoms with Crippen LogP contribution in [0.25, 0.3) is 22.4 Å². The fourth-order valence-corrected chi connectivity index (χ4v) is 5.13. The summed E-state index contributed by atoms with van der Waals surface area (Å²) in [6, 6.07) is 26.9. The summed E-state index contributed by atoms with van der Waals surface area (Å²) in [7, 11) is 0. The quantitative estimate of drug-likeness (QED) is 0.236. The summed E-state index contributed by atoms with van der Waals surface area (Å²) in [4.78, 5) is 18.0. The van der Waals surface area contributed by atoms with Gasteiger partial charge in [-0.1, -0.05) is 91.0 Å². The van der Waals surface area contributed by atoms with Gasteiger partial charge in [0.25, 0.3) is 0 Å². The Kier molecular flexibility index (Phi) is 8.60. The van der Waals surface area contributed by atoms with Crippen molar-refractivity contribution in [2.45, 2.75) is 36.6 Å². The molecule has 0 radical (unpaired) electrons. The van der Waals surface area contributed by atoms with Crippen molar-refractivity contribution in [1.82, 2.24) is 10.3 Å². The minimum absolute atomic E-state index is 0.154. The molecule has 2 atom stereocenters. The predicted octanol–water partition coefficient (Wildman–Crippen LogP) is 7.83. The zero-order valence-corrected chi connectivity index (χ0v) is 22.0. The molecule has 1 amide bonds. The van der Waals surface area contributed by atoms with Gasteiger partial charge >= 0.3 is 0 Å². The van der Waals surface area contributed by atoms with E-state index in [1.807, 2.05) is 56.3 Å². The van der Waals surface area contributed by atoms with Gasteiger partial charge in [0.2, 0.25) is 5.91 Å². The Morgan fingerprint density at radius 3 is 2.38 bits per heavy atom. The second-order valence-electron chi connectivity index (χ2n) is 8.49. The van der Waals surface area contributed by atoms with Crippen LogP contribution in [0, 0.1) is 17.1 Å². The number of amides is 1. The number of hydrogen-bond donors (Lipinski definition) is 1. The molecule has 0 fully saturated rings. The minimum Gasteiger partial charge on any atom is -0.349 e. The summed E-state index contributed by atoms with van der Waals surface area (Å²) in [5.74, 6) is -0.594. The lowest BCUT2D eigenvalue weighted by molar-refractivity contribution is -0.121. The van der Waals surface area contributed by atoms with Crippen LogP contribution in [0.3, 0.4) is 0 Å². The van der Waals surface area contributed by atoms with E-state index in [-0.39, 0.29) is 17.5 Å². The van der Waals surface area contributed by atoms with Gasteiger partial charge in [-0.2, -0.15) is 5.26 Å². The molecular weight excluding hydrogens is 505 g/mol. The highest BCUT2D eigenvalue weighted by Crippen LogP contribution is 2.37. The van der Waals surface area contributed by atoms with Crippen LogP contribution in [0.15, 0.2) is 90.0 Å². The number of benzene rings is 3. The number of hydrogen-bond acceptors (Lipinski definition) is 4. The van der Waals surface area contributed by atoms with Crippen LogP contribution >= 0.6 is 23.4 Å². The molecule has 37 heavy (non-hydrogen) atoms. The molecule has 1 N–H and O–H groups in total. The topological polar surface area (TPSA) is 65.8 Å². The van der Waals surface area contributed by atoms with Crippen LogP contribution in [-0.4, -0.2) is 16.1 Å². The van der Waals surface area contributed by atoms with Crippen molar-refractivity contribution in [3.63, 3.8) is 0 Å². The highest BCUT2D eigenvalue weighted by Gasteiger charge is 2.25. The number of thioether (sulfide) groups is 1. The lowest BCUT2D eigenvalue weighted by atomic mass is 9.99. The molecule has 0 unspecified atom stereocenters. The van der Waals surface area contributed by atoms with Crippen LogP contribution in [0.1, 0.15) is 37.4 Å². The van der Waals surface area contributed by atoms with Gasteiger partial charge in [0, 0.05) is 21.7 Å². The molecule has 0 aliphatic carbocycles. The summed E-state index contributed by atoms with van der Waals surface area (Å²) in [5.41, 5.74) is 3.28. The number of aromatic nitrogens is 1. The second-order valence-corrected chi connectivity index (χ2v) is 10.1. The van der Waals surface area contributed by atoms with Crippen LogP contribution in [0.2, 0.25) is 5.02 Å². The van der Waals surface area contributed by atoms with Gasteiger partial charge < -0.3 is 5.32 Å². The summed E-state index contributed by atoms with van der Waals surface area (Å²) in [6.07, 6.45) is 0.519. The van der Waals surface area contributed by atoms with E-state index in [0.717, 1.165) is 11.1 Å². The van der Waals surface area contributed by atoms with E-state index in [9.17, 15) is 14.4 Å². The molecule has 4 rings (SSSR count). The van der Waals surface area contributed by atoms with E-state index < -0.39 is 11.1 Å². The molecule has 1 aromatic heterocycles. The first-order valence-electron chi connectivity index (χ1n) is 11.9. The largest absolute Gasteiger partial charge is 0.349 e. The van der Waals surface area contributed by atoms with Crippen molar-refractivity contribution in [2.24, 2.45) is 0 Å². The highest BCUT2D eigenvalue weighted by molar-refractivity contribution is 8.00. The van der Waals surface area contributed by atoms with E-state index >= 15 is 0 Å². The molecule has 4 nitrogen and oxygen atoms in total. The third-order valence-corrected chi connectivity index (χ3v) is 7.58. The van der Waals surface area contributed by atoms with E-state index in [1.54, 1.807) is 36.4 Å². The second kappa shape index (κ2) is 12.1. The lowest BCUT2D eigenvalue weighted by Gasteiger charge is -2.20. The number of carbonyl (C=O) groups excluding carboxylic acids is 1. The van der Waals surface area contributed by atoms with Gasteiger partial charge in [0.05, 0.1) is 22.5 Å². The molecule has 186 valence electrons. The van der Waals surface area contributed by atoms with Crippen LogP contribution < -0.4 is 5.32 Å². The summed E-state index contributed by atoms with van der Waals surface area (Å²) < 4.78 is 14.9. The maximum Gasteiger partial charge on any atom is 0.234 e. The number of nitrogens with one attached hydrogen (secondary N) is 1. The number of halogens is 2. The lowest BCUT2D eigenvalue weighted by Crippen LogP contribution is -2.34. The smallest absolute Gasteiger partial charge is 0.234 e. The monoisotopic (exact) mass is 529 g/mol. The SMILES string of the molecule is CC[C@@H](Sc1nc(-c2ccc(Cl)cc2)cc(-c2ccccc2F)c1C#N)C(=O)N[C@H](C)c1ccccc1. The summed E-state index contributed by atoms with van der Waals surface area (Å²) in [6.45, 7) is 3.85. The average molecular weight is 530 g/mol. The fourth-order valence-electron chi connectivity index (χ4n) is 3.96. The maximum atomic E-state index is 14.9. The van der Waals surface area contributed by atoms with E-state index in [1.165, 1.54) is 17.8 Å². The van der Waals surface area contributed by atoms with Gasteiger partial charge in [0.15, 0.2) is 0 Å². The molecular formula is C30H25ClFN3OS. The third-order valence-electron chi connectivity index (χ3n) is 5.98. The van der Waals surface area contributed by atoms with Gasteiger partial charge in [-0.05, 0) is 43.2 Å². The van der Waals surface area contributed by atoms with E-state index in [4.69, 9.17) is 16.6 Å². The molecule has 4 aromatic rings. The Bertz CT molecular complexity index is 1440. The molecule has 3 aromatic carbocycles. The Hall–Kier alpha value is -3.66. The van der Waals surface area contributed by atoms with Crippen molar-refractivity contribution < 1.29 is 9.18 Å². The zero-order chi connectivity index (χ0) is 26.4. The standard InChI is InChI=1S/C30H25ClFN3OS/c1-3-28(29(36)34-19(2)20-9-5-4-6-10-20)37-30-25(18-33)24(23-11-7-8-12-26(23)32)17-27(35-30)21-13-15-22(31)16-14-21/h4-17,19,28H,3H2,1-2H3,(H,34,36)/t19-,28-/m1/s1. The van der Waals surface area contributed by atoms with Crippen molar-refractivity contribution in [3.8, 4) is 28.5 Å². The molecule has 0 bridgehead atoms. The van der Waals surface area contributed by atoms with Crippen molar-refractivity contribution in [3.05, 3.63) is 107 Å². The molecule has 0 aliphatic rings. The highest BCUT2D eigenvalue weighted by atomic mass is 35.5. The average Bonchev–Trinajstić information content (AvgIpc) is 2.92. The van der Waals surface area contributed by atoms with E-state index in [2.05, 4.69) is 11.4 Å². The number of carbonyl (C=O) groups is 1. The van der Waals surface area contributed by atoms with Crippen molar-refractivity contribution in [2.75, 3.05) is 0 Å². The molecule has 7 heteroatoms. The molecule has 0 saturated carbocycles. The van der Waals surface area contributed by atoms with Gasteiger partial charge in [-0.15, -0.1) is 0 Å². The summed E-state index contributed by atoms with van der Waals surface area (Å²) in [5, 5.41) is 13.6. The Labute approximate surface area is 225 Å². The number of rotatable bonds is 8. The number of nitriles is 1. The first-order chi connectivity index (χ1) is 17.9. The maximum absolute atomic E-state index is 14.9. The van der Waals surface area contributed by atoms with Gasteiger partial charge in [-0.25, -0.2) is 9.37 Å². The van der Waals surface area contributed by atoms with Crippen LogP contribution in [-0.2, 0) is 4.79 Å². The van der Waals surface area contributed by atoms with Crippen LogP contribution in [0.4, 0.5) is 4.39 Å². The predicted molar refractivity (Wildman–Crippen MR) is 148 cm³/mol. The van der Waals surface area contributed by atoms with Crippen molar-refractivity contribution in [1.29, 1.82) is 5.26 Å². The third kappa shape index (κ3) is 6.19. The minimum atomic E-state index is -0.500. The van der Waals surface area contributed by atoms with Gasteiger partial charge in [0.1, 0.15) is 16.9 Å². The number of pyridine rings is 1. The van der Waals surface area contributed by atoms with Gasteiger partial charge in [-0.3, -0.25) is 4.79 Å².